The van der Waals surface area contributed by atoms with E-state index in [2.05, 4.69) is 4.90 Å². The van der Waals surface area contributed by atoms with E-state index >= 15 is 0 Å². The molecule has 0 bridgehead atoms. The first kappa shape index (κ1) is 15.1. The van der Waals surface area contributed by atoms with Crippen molar-refractivity contribution in [3.8, 4) is 0 Å². The summed E-state index contributed by atoms with van der Waals surface area (Å²) >= 11 is 0. The largest absolute Gasteiger partial charge is 0.472 e. The van der Waals surface area contributed by atoms with Gasteiger partial charge in [-0.1, -0.05) is 13.8 Å². The van der Waals surface area contributed by atoms with Gasteiger partial charge in [-0.05, 0) is 18.9 Å². The lowest BCUT2D eigenvalue weighted by molar-refractivity contribution is -0.0139. The average molecular weight is 280 g/mol. The van der Waals surface area contributed by atoms with Crippen molar-refractivity contribution in [2.45, 2.75) is 32.3 Å². The first-order valence-electron chi connectivity index (χ1n) is 7.34. The number of aliphatic hydroxyl groups is 1. The van der Waals surface area contributed by atoms with Crippen molar-refractivity contribution < 1.29 is 14.3 Å². The third-order valence-electron chi connectivity index (χ3n) is 4.26. The van der Waals surface area contributed by atoms with Crippen molar-refractivity contribution in [3.63, 3.8) is 0 Å². The summed E-state index contributed by atoms with van der Waals surface area (Å²) in [4.78, 5) is 16.3. The second kappa shape index (κ2) is 6.41. The summed E-state index contributed by atoms with van der Waals surface area (Å²) in [7, 11) is 0. The molecule has 0 unspecified atom stereocenters. The second-order valence-electron chi connectivity index (χ2n) is 5.51. The van der Waals surface area contributed by atoms with Crippen LogP contribution in [0.15, 0.2) is 23.0 Å². The van der Waals surface area contributed by atoms with Gasteiger partial charge >= 0.3 is 0 Å². The highest BCUT2D eigenvalue weighted by Crippen LogP contribution is 2.18. The minimum atomic E-state index is -0.600. The highest BCUT2D eigenvalue weighted by molar-refractivity contribution is 5.93. The quantitative estimate of drug-likeness (QED) is 0.890. The first-order chi connectivity index (χ1) is 9.58. The summed E-state index contributed by atoms with van der Waals surface area (Å²) < 4.78 is 4.95. The minimum Gasteiger partial charge on any atom is -0.472 e. The summed E-state index contributed by atoms with van der Waals surface area (Å²) in [5, 5.41) is 10.4. The van der Waals surface area contributed by atoms with Gasteiger partial charge in [0.25, 0.3) is 5.91 Å². The molecule has 0 radical (unpaired) electrons. The van der Waals surface area contributed by atoms with Crippen LogP contribution in [0.2, 0.25) is 0 Å². The Hall–Kier alpha value is -1.33. The average Bonchev–Trinajstić information content (AvgIpc) is 3.01. The summed E-state index contributed by atoms with van der Waals surface area (Å²) in [6, 6.07) is 1.70. The van der Waals surface area contributed by atoms with Gasteiger partial charge < -0.3 is 14.4 Å². The smallest absolute Gasteiger partial charge is 0.257 e. The molecule has 1 aromatic heterocycles. The molecule has 5 nitrogen and oxygen atoms in total. The van der Waals surface area contributed by atoms with Crippen LogP contribution in [0.25, 0.3) is 0 Å². The molecule has 1 fully saturated rings. The molecular formula is C15H24N2O3. The maximum absolute atomic E-state index is 12.2. The molecule has 0 aromatic carbocycles. The van der Waals surface area contributed by atoms with Crippen molar-refractivity contribution >= 4 is 5.91 Å². The zero-order chi connectivity index (χ0) is 14.6. The molecule has 1 N–H and O–H groups in total. The topological polar surface area (TPSA) is 56.9 Å². The maximum Gasteiger partial charge on any atom is 0.257 e. The lowest BCUT2D eigenvalue weighted by Gasteiger charge is -2.38. The van der Waals surface area contributed by atoms with E-state index in [1.807, 2.05) is 18.7 Å². The van der Waals surface area contributed by atoms with Gasteiger partial charge in [0.05, 0.1) is 17.4 Å². The third-order valence-corrected chi connectivity index (χ3v) is 4.26. The van der Waals surface area contributed by atoms with E-state index in [1.54, 1.807) is 6.07 Å². The molecule has 1 aliphatic rings. The van der Waals surface area contributed by atoms with Crippen LogP contribution < -0.4 is 0 Å². The Morgan fingerprint density at radius 2 is 1.95 bits per heavy atom. The number of carbonyl (C=O) groups excluding carboxylic acids is 1. The Kier molecular flexibility index (Phi) is 4.83. The van der Waals surface area contributed by atoms with Gasteiger partial charge in [0.15, 0.2) is 0 Å². The summed E-state index contributed by atoms with van der Waals surface area (Å²) in [6.45, 7) is 7.75. The number of hydrogen-bond acceptors (Lipinski definition) is 4. The molecule has 0 aliphatic carbocycles. The number of carbonyl (C=O) groups is 1. The lowest BCUT2D eigenvalue weighted by atomic mass is 9.96. The number of amides is 1. The Morgan fingerprint density at radius 3 is 2.45 bits per heavy atom. The Morgan fingerprint density at radius 1 is 1.30 bits per heavy atom. The molecule has 2 heterocycles. The zero-order valence-corrected chi connectivity index (χ0v) is 12.3. The predicted molar refractivity (Wildman–Crippen MR) is 76.6 cm³/mol. The van der Waals surface area contributed by atoms with Gasteiger partial charge in [-0.3, -0.25) is 9.69 Å². The highest BCUT2D eigenvalue weighted by Gasteiger charge is 2.29. The number of hydrogen-bond donors (Lipinski definition) is 1. The van der Waals surface area contributed by atoms with Crippen LogP contribution in [0.1, 0.15) is 37.0 Å². The van der Waals surface area contributed by atoms with Gasteiger partial charge in [-0.25, -0.2) is 0 Å². The third kappa shape index (κ3) is 3.41. The number of furan rings is 1. The van der Waals surface area contributed by atoms with Gasteiger partial charge in [0, 0.05) is 32.7 Å². The molecule has 0 atom stereocenters. The monoisotopic (exact) mass is 280 g/mol. The summed E-state index contributed by atoms with van der Waals surface area (Å²) in [6.07, 6.45) is 4.53. The van der Waals surface area contributed by atoms with Crippen LogP contribution in [0, 0.1) is 0 Å². The predicted octanol–water partition coefficient (Wildman–Crippen LogP) is 1.59. The van der Waals surface area contributed by atoms with Gasteiger partial charge in [-0.15, -0.1) is 0 Å². The maximum atomic E-state index is 12.2. The van der Waals surface area contributed by atoms with Crippen molar-refractivity contribution in [2.24, 2.45) is 0 Å². The van der Waals surface area contributed by atoms with E-state index in [4.69, 9.17) is 4.42 Å². The molecule has 1 aromatic rings. The molecule has 1 amide bonds. The Bertz CT molecular complexity index is 418. The summed E-state index contributed by atoms with van der Waals surface area (Å²) in [5.41, 5.74) is 0.00794. The standard InChI is InChI=1S/C15H24N2O3/c1-3-15(19,4-2)12-16-6-8-17(9-7-16)14(18)13-5-10-20-11-13/h5,10-11,19H,3-4,6-9,12H2,1-2H3. The normalized spacial score (nSPS) is 17.4. The van der Waals surface area contributed by atoms with Gasteiger partial charge in [0.2, 0.25) is 0 Å². The van der Waals surface area contributed by atoms with Gasteiger partial charge in [0.1, 0.15) is 6.26 Å². The fourth-order valence-corrected chi connectivity index (χ4v) is 2.57. The van der Waals surface area contributed by atoms with Crippen LogP contribution >= 0.6 is 0 Å². The number of β-amino-alcohol motifs (C(OH)–C–C–N with tert-alkyl or cyclic N) is 1. The Balaban J connectivity index is 1.85. The van der Waals surface area contributed by atoms with Crippen LogP contribution in [0.5, 0.6) is 0 Å². The number of piperazine rings is 1. The second-order valence-corrected chi connectivity index (χ2v) is 5.51. The van der Waals surface area contributed by atoms with E-state index in [0.717, 1.165) is 25.9 Å². The molecule has 1 aliphatic heterocycles. The van der Waals surface area contributed by atoms with E-state index in [9.17, 15) is 9.90 Å². The van der Waals surface area contributed by atoms with E-state index < -0.39 is 5.60 Å². The molecule has 0 saturated carbocycles. The van der Waals surface area contributed by atoms with Crippen molar-refractivity contribution in [1.82, 2.24) is 9.80 Å². The fourth-order valence-electron chi connectivity index (χ4n) is 2.57. The van der Waals surface area contributed by atoms with E-state index in [-0.39, 0.29) is 5.91 Å². The van der Waals surface area contributed by atoms with E-state index in [0.29, 0.717) is 25.2 Å². The highest BCUT2D eigenvalue weighted by atomic mass is 16.3. The number of nitrogens with zero attached hydrogens (tertiary/aromatic N) is 2. The van der Waals surface area contributed by atoms with Crippen LogP contribution in [0.4, 0.5) is 0 Å². The SMILES string of the molecule is CCC(O)(CC)CN1CCN(C(=O)c2ccoc2)CC1. The Labute approximate surface area is 120 Å². The molecule has 1 saturated heterocycles. The summed E-state index contributed by atoms with van der Waals surface area (Å²) in [5.74, 6) is 0.0274. The minimum absolute atomic E-state index is 0.0274. The molecule has 112 valence electrons. The molecule has 5 heteroatoms. The van der Waals surface area contributed by atoms with Crippen molar-refractivity contribution in [3.05, 3.63) is 24.2 Å². The van der Waals surface area contributed by atoms with Gasteiger partial charge in [-0.2, -0.15) is 0 Å². The molecule has 20 heavy (non-hydrogen) atoms. The van der Waals surface area contributed by atoms with Crippen molar-refractivity contribution in [2.75, 3.05) is 32.7 Å². The molecular weight excluding hydrogens is 256 g/mol. The first-order valence-corrected chi connectivity index (χ1v) is 7.34. The number of rotatable bonds is 5. The molecule has 2 rings (SSSR count). The molecule has 0 spiro atoms. The van der Waals surface area contributed by atoms with Crippen LogP contribution in [-0.4, -0.2) is 59.1 Å². The zero-order valence-electron chi connectivity index (χ0n) is 12.3. The van der Waals surface area contributed by atoms with E-state index in [1.165, 1.54) is 12.5 Å². The fraction of sp³-hybridized carbons (Fsp3) is 0.667. The lowest BCUT2D eigenvalue weighted by Crippen LogP contribution is -2.53. The van der Waals surface area contributed by atoms with Crippen LogP contribution in [-0.2, 0) is 0 Å². The van der Waals surface area contributed by atoms with Crippen LogP contribution in [0.3, 0.4) is 0 Å². The van der Waals surface area contributed by atoms with Crippen molar-refractivity contribution in [1.29, 1.82) is 0 Å².